The van der Waals surface area contributed by atoms with Crippen LogP contribution in [0.25, 0.3) is 0 Å². The molecule has 1 atom stereocenters. The molecule has 1 unspecified atom stereocenters. The molecule has 0 aliphatic heterocycles. The van der Waals surface area contributed by atoms with E-state index >= 15 is 0 Å². The van der Waals surface area contributed by atoms with Crippen LogP contribution in [0.15, 0.2) is 9.59 Å². The first-order chi connectivity index (χ1) is 7.97. The lowest BCUT2D eigenvalue weighted by molar-refractivity contribution is 0.804. The number of anilines is 2. The van der Waals surface area contributed by atoms with Gasteiger partial charge in [0.05, 0.1) is 0 Å². The molecule has 1 aromatic rings. The van der Waals surface area contributed by atoms with Crippen molar-refractivity contribution in [3.63, 3.8) is 0 Å². The van der Waals surface area contributed by atoms with E-state index < -0.39 is 11.2 Å². The largest absolute Gasteiger partial charge is 0.383 e. The summed E-state index contributed by atoms with van der Waals surface area (Å²) in [6.45, 7) is 2.76. The highest BCUT2D eigenvalue weighted by Crippen LogP contribution is 2.12. The molecule has 0 aliphatic rings. The first kappa shape index (κ1) is 13.7. The minimum atomic E-state index is -0.504. The molecule has 4 N–H and O–H groups in total. The summed E-state index contributed by atoms with van der Waals surface area (Å²) in [7, 11) is 1.52. The Kier molecular flexibility index (Phi) is 4.68. The van der Waals surface area contributed by atoms with Gasteiger partial charge in [0.25, 0.3) is 5.56 Å². The molecular formula is C10H18N4O2S. The molecule has 6 nitrogen and oxygen atoms in total. The number of aromatic amines is 1. The Labute approximate surface area is 104 Å². The molecule has 1 aromatic heterocycles. The molecule has 0 aromatic carbocycles. The van der Waals surface area contributed by atoms with Crippen LogP contribution in [0.3, 0.4) is 0 Å². The van der Waals surface area contributed by atoms with Crippen molar-refractivity contribution in [2.75, 3.05) is 23.9 Å². The van der Waals surface area contributed by atoms with Crippen molar-refractivity contribution in [2.45, 2.75) is 18.6 Å². The number of hydrogen-bond donors (Lipinski definition) is 3. The molecule has 7 heteroatoms. The Morgan fingerprint density at radius 1 is 1.53 bits per heavy atom. The predicted octanol–water partition coefficient (Wildman–Crippen LogP) is 0.209. The highest BCUT2D eigenvalue weighted by Gasteiger charge is 2.09. The van der Waals surface area contributed by atoms with Crippen LogP contribution in [-0.2, 0) is 7.05 Å². The number of nitrogen functional groups attached to an aromatic ring is 1. The van der Waals surface area contributed by atoms with Crippen molar-refractivity contribution in [3.05, 3.63) is 20.8 Å². The molecule has 0 saturated heterocycles. The summed E-state index contributed by atoms with van der Waals surface area (Å²) in [5.74, 6) is 0.163. The van der Waals surface area contributed by atoms with Gasteiger partial charge in [0, 0.05) is 18.8 Å². The van der Waals surface area contributed by atoms with Crippen molar-refractivity contribution in [3.8, 4) is 0 Å². The van der Waals surface area contributed by atoms with Crippen LogP contribution in [0.2, 0.25) is 0 Å². The molecule has 1 rings (SSSR count). The Morgan fingerprint density at radius 3 is 2.76 bits per heavy atom. The fourth-order valence-electron chi connectivity index (χ4n) is 1.33. The van der Waals surface area contributed by atoms with E-state index in [1.807, 2.05) is 6.26 Å². The monoisotopic (exact) mass is 258 g/mol. The number of rotatable bonds is 5. The molecule has 0 radical (unpaired) electrons. The van der Waals surface area contributed by atoms with E-state index in [1.165, 1.54) is 11.6 Å². The molecule has 0 saturated carbocycles. The molecular weight excluding hydrogens is 240 g/mol. The number of H-pyrrole nitrogens is 1. The standard InChI is InChI=1S/C10H18N4O2S/c1-6(17-3)4-5-12-7-8(11)14(2)10(16)13-9(7)15/h6,12H,4-5,11H2,1-3H3,(H,13,15,16). The molecule has 0 spiro atoms. The highest BCUT2D eigenvalue weighted by atomic mass is 32.2. The van der Waals surface area contributed by atoms with Crippen LogP contribution in [0, 0.1) is 0 Å². The molecule has 0 fully saturated rings. The number of thioether (sulfide) groups is 1. The van der Waals surface area contributed by atoms with Crippen LogP contribution >= 0.6 is 11.8 Å². The number of nitrogens with one attached hydrogen (secondary N) is 2. The second-order valence-electron chi connectivity index (χ2n) is 3.84. The molecule has 1 heterocycles. The van der Waals surface area contributed by atoms with Gasteiger partial charge in [-0.2, -0.15) is 11.8 Å². The summed E-state index contributed by atoms with van der Waals surface area (Å²) in [4.78, 5) is 25.0. The maximum atomic E-state index is 11.5. The summed E-state index contributed by atoms with van der Waals surface area (Å²) in [5.41, 5.74) is 5.00. The van der Waals surface area contributed by atoms with Gasteiger partial charge >= 0.3 is 5.69 Å². The Hall–Kier alpha value is -1.37. The second-order valence-corrected chi connectivity index (χ2v) is 5.12. The maximum absolute atomic E-state index is 11.5. The normalized spacial score (nSPS) is 12.4. The topological polar surface area (TPSA) is 92.9 Å². The molecule has 96 valence electrons. The van der Waals surface area contributed by atoms with E-state index in [0.717, 1.165) is 6.42 Å². The van der Waals surface area contributed by atoms with Gasteiger partial charge in [0.15, 0.2) is 0 Å². The van der Waals surface area contributed by atoms with Gasteiger partial charge in [-0.05, 0) is 12.7 Å². The fourth-order valence-corrected chi connectivity index (χ4v) is 1.68. The quantitative estimate of drug-likeness (QED) is 0.702. The van der Waals surface area contributed by atoms with E-state index in [9.17, 15) is 9.59 Å². The van der Waals surface area contributed by atoms with Crippen LogP contribution in [0.1, 0.15) is 13.3 Å². The molecule has 0 bridgehead atoms. The smallest absolute Gasteiger partial charge is 0.329 e. The Bertz CT molecular complexity index is 494. The Balaban J connectivity index is 2.82. The molecule has 17 heavy (non-hydrogen) atoms. The van der Waals surface area contributed by atoms with Gasteiger partial charge < -0.3 is 11.1 Å². The van der Waals surface area contributed by atoms with Gasteiger partial charge in [-0.1, -0.05) is 6.92 Å². The van der Waals surface area contributed by atoms with E-state index in [0.29, 0.717) is 11.8 Å². The zero-order valence-electron chi connectivity index (χ0n) is 10.2. The van der Waals surface area contributed by atoms with Gasteiger partial charge in [-0.3, -0.25) is 14.3 Å². The van der Waals surface area contributed by atoms with Crippen molar-refractivity contribution in [1.82, 2.24) is 9.55 Å². The second kappa shape index (κ2) is 5.81. The average molecular weight is 258 g/mol. The first-order valence-corrected chi connectivity index (χ1v) is 6.61. The molecule has 0 aliphatic carbocycles. The average Bonchev–Trinajstić information content (AvgIpc) is 2.30. The van der Waals surface area contributed by atoms with Crippen molar-refractivity contribution >= 4 is 23.3 Å². The van der Waals surface area contributed by atoms with Crippen molar-refractivity contribution < 1.29 is 0 Å². The summed E-state index contributed by atoms with van der Waals surface area (Å²) in [6, 6.07) is 0. The highest BCUT2D eigenvalue weighted by molar-refractivity contribution is 7.99. The third-order valence-electron chi connectivity index (χ3n) is 2.62. The predicted molar refractivity (Wildman–Crippen MR) is 72.8 cm³/mol. The van der Waals surface area contributed by atoms with Crippen LogP contribution < -0.4 is 22.3 Å². The summed E-state index contributed by atoms with van der Waals surface area (Å²) >= 11 is 1.76. The van der Waals surface area contributed by atoms with Crippen LogP contribution in [-0.4, -0.2) is 27.6 Å². The van der Waals surface area contributed by atoms with E-state index in [-0.39, 0.29) is 11.5 Å². The Morgan fingerprint density at radius 2 is 2.18 bits per heavy atom. The van der Waals surface area contributed by atoms with Gasteiger partial charge in [0.1, 0.15) is 11.5 Å². The minimum Gasteiger partial charge on any atom is -0.383 e. The van der Waals surface area contributed by atoms with Crippen LogP contribution in [0.4, 0.5) is 11.5 Å². The SMILES string of the molecule is CSC(C)CCNc1c(N)n(C)c(=O)[nH]c1=O. The third-order valence-corrected chi connectivity index (χ3v) is 3.67. The summed E-state index contributed by atoms with van der Waals surface area (Å²) < 4.78 is 1.21. The zero-order chi connectivity index (χ0) is 13.0. The third kappa shape index (κ3) is 3.29. The van der Waals surface area contributed by atoms with Crippen LogP contribution in [0.5, 0.6) is 0 Å². The maximum Gasteiger partial charge on any atom is 0.329 e. The lowest BCUT2D eigenvalue weighted by atomic mass is 10.3. The number of aromatic nitrogens is 2. The first-order valence-electron chi connectivity index (χ1n) is 5.32. The zero-order valence-corrected chi connectivity index (χ0v) is 11.1. The molecule has 0 amide bonds. The number of hydrogen-bond acceptors (Lipinski definition) is 5. The van der Waals surface area contributed by atoms with Gasteiger partial charge in [-0.15, -0.1) is 0 Å². The van der Waals surface area contributed by atoms with Crippen molar-refractivity contribution in [2.24, 2.45) is 7.05 Å². The van der Waals surface area contributed by atoms with Gasteiger partial charge in [-0.25, -0.2) is 4.79 Å². The number of nitrogens with two attached hydrogens (primary N) is 1. The van der Waals surface area contributed by atoms with Crippen molar-refractivity contribution in [1.29, 1.82) is 0 Å². The van der Waals surface area contributed by atoms with Gasteiger partial charge in [0.2, 0.25) is 0 Å². The van der Waals surface area contributed by atoms with E-state index in [4.69, 9.17) is 5.73 Å². The minimum absolute atomic E-state index is 0.163. The number of nitrogens with zero attached hydrogens (tertiary/aromatic N) is 1. The summed E-state index contributed by atoms with van der Waals surface area (Å²) in [5, 5.41) is 3.48. The lowest BCUT2D eigenvalue weighted by Gasteiger charge is -2.12. The van der Waals surface area contributed by atoms with E-state index in [2.05, 4.69) is 17.2 Å². The van der Waals surface area contributed by atoms with E-state index in [1.54, 1.807) is 11.8 Å². The lowest BCUT2D eigenvalue weighted by Crippen LogP contribution is -2.32. The fraction of sp³-hybridized carbons (Fsp3) is 0.600. The summed E-state index contributed by atoms with van der Waals surface area (Å²) in [6.07, 6.45) is 2.96.